The fourth-order valence-electron chi connectivity index (χ4n) is 3.12. The largest absolute Gasteiger partial charge is 0.350 e. The number of aliphatic imine (C=N–C) groups is 2. The Bertz CT molecular complexity index is 607. The Balaban J connectivity index is 1.84. The van der Waals surface area contributed by atoms with E-state index in [0.717, 1.165) is 42.5 Å². The topological polar surface area (TPSA) is 51.2 Å². The summed E-state index contributed by atoms with van der Waals surface area (Å²) in [6.45, 7) is 3.73. The molecule has 3 heterocycles. The van der Waals surface area contributed by atoms with E-state index in [-0.39, 0.29) is 5.92 Å². The summed E-state index contributed by atoms with van der Waals surface area (Å²) < 4.78 is 1.18. The van der Waals surface area contributed by atoms with Crippen LogP contribution in [-0.4, -0.2) is 51.4 Å². The fourth-order valence-corrected chi connectivity index (χ4v) is 3.12. The zero-order valence-corrected chi connectivity index (χ0v) is 11.7. The van der Waals surface area contributed by atoms with Crippen LogP contribution in [0.4, 0.5) is 0 Å². The van der Waals surface area contributed by atoms with E-state index in [1.54, 1.807) is 6.20 Å². The second-order valence-corrected chi connectivity index (χ2v) is 5.92. The summed E-state index contributed by atoms with van der Waals surface area (Å²) in [6.07, 6.45) is 9.24. The van der Waals surface area contributed by atoms with Gasteiger partial charge in [-0.2, -0.15) is 0 Å². The lowest BCUT2D eigenvalue weighted by molar-refractivity contribution is -0.728. The second kappa shape index (κ2) is 4.30. The zero-order valence-electron chi connectivity index (χ0n) is 11.7. The van der Waals surface area contributed by atoms with Crippen LogP contribution >= 0.6 is 0 Å². The fraction of sp³-hybridized carbons (Fsp3) is 0.533. The van der Waals surface area contributed by atoms with Crippen molar-refractivity contribution in [2.24, 2.45) is 15.9 Å². The zero-order chi connectivity index (χ0) is 13.7. The molecule has 1 unspecified atom stereocenters. The van der Waals surface area contributed by atoms with E-state index >= 15 is 0 Å². The van der Waals surface area contributed by atoms with Crippen LogP contribution in [-0.2, 0) is 0 Å². The van der Waals surface area contributed by atoms with Gasteiger partial charge in [-0.05, 0) is 37.3 Å². The van der Waals surface area contributed by atoms with E-state index in [0.29, 0.717) is 6.04 Å². The molecule has 4 aliphatic rings. The summed E-state index contributed by atoms with van der Waals surface area (Å²) in [5, 5.41) is 10.1. The molecule has 104 valence electrons. The Hall–Kier alpha value is -1.91. The van der Waals surface area contributed by atoms with Gasteiger partial charge >= 0.3 is 5.84 Å². The van der Waals surface area contributed by atoms with Gasteiger partial charge in [0.15, 0.2) is 5.84 Å². The molecule has 0 radical (unpaired) electrons. The normalized spacial score (nSPS) is 29.1. The number of allylic oxidation sites excluding steroid dienone is 1. The van der Waals surface area contributed by atoms with Gasteiger partial charge in [0.25, 0.3) is 0 Å². The molecule has 20 heavy (non-hydrogen) atoms. The van der Waals surface area contributed by atoms with Gasteiger partial charge in [-0.25, -0.2) is 0 Å². The molecule has 1 aliphatic carbocycles. The highest BCUT2D eigenvalue weighted by Gasteiger charge is 2.43. The number of dihydropyridines is 1. The molecule has 0 aromatic carbocycles. The number of hydrogen-bond acceptors (Lipinski definition) is 4. The molecule has 1 atom stereocenters. The lowest BCUT2D eigenvalue weighted by atomic mass is 10.0. The maximum absolute atomic E-state index is 10.1. The van der Waals surface area contributed by atoms with Crippen LogP contribution in [0.1, 0.15) is 26.2 Å². The molecule has 3 aliphatic heterocycles. The van der Waals surface area contributed by atoms with Crippen molar-refractivity contribution >= 4 is 17.4 Å². The molecule has 0 aromatic rings. The maximum Gasteiger partial charge on any atom is 0.342 e. The summed E-state index contributed by atoms with van der Waals surface area (Å²) >= 11 is 0. The van der Waals surface area contributed by atoms with Crippen LogP contribution in [0.3, 0.4) is 0 Å². The number of hydroxylamine groups is 1. The summed E-state index contributed by atoms with van der Waals surface area (Å²) in [5.41, 5.74) is 2.10. The van der Waals surface area contributed by atoms with E-state index in [4.69, 9.17) is 4.99 Å². The predicted molar refractivity (Wildman–Crippen MR) is 77.5 cm³/mol. The smallest absolute Gasteiger partial charge is 0.342 e. The first kappa shape index (κ1) is 11.9. The van der Waals surface area contributed by atoms with E-state index in [9.17, 15) is 5.21 Å². The first-order valence-corrected chi connectivity index (χ1v) is 7.33. The van der Waals surface area contributed by atoms with E-state index in [1.165, 1.54) is 17.6 Å². The maximum atomic E-state index is 10.1. The molecule has 0 amide bonds. The van der Waals surface area contributed by atoms with E-state index in [1.807, 2.05) is 6.08 Å². The van der Waals surface area contributed by atoms with Gasteiger partial charge in [0, 0.05) is 18.2 Å². The van der Waals surface area contributed by atoms with Crippen LogP contribution in [0.2, 0.25) is 0 Å². The van der Waals surface area contributed by atoms with Crippen molar-refractivity contribution in [1.29, 1.82) is 0 Å². The number of rotatable bonds is 1. The average molecular weight is 271 g/mol. The Kier molecular flexibility index (Phi) is 2.55. The first-order valence-electron chi connectivity index (χ1n) is 7.33. The van der Waals surface area contributed by atoms with Gasteiger partial charge in [-0.3, -0.25) is 4.99 Å². The van der Waals surface area contributed by atoms with Crippen molar-refractivity contribution < 1.29 is 9.95 Å². The van der Waals surface area contributed by atoms with Gasteiger partial charge in [-0.1, -0.05) is 10.8 Å². The number of fused-ring (bicyclic) bond motifs is 2. The molecule has 4 rings (SSSR count). The highest BCUT2D eigenvalue weighted by Crippen LogP contribution is 2.32. The SMILES string of the molecule is CC1=CCN=C2C1=NC1=[N+](O)C=CCC1CN2C1CC1. The van der Waals surface area contributed by atoms with Crippen LogP contribution in [0.15, 0.2) is 33.9 Å². The number of amidine groups is 2. The molecule has 1 N–H and O–H groups in total. The third-order valence-corrected chi connectivity index (χ3v) is 4.39. The molecule has 5 nitrogen and oxygen atoms in total. The molecule has 0 spiro atoms. The minimum absolute atomic E-state index is 0.249. The molecule has 5 heteroatoms. The van der Waals surface area contributed by atoms with E-state index in [2.05, 4.69) is 22.9 Å². The summed E-state index contributed by atoms with van der Waals surface area (Å²) in [4.78, 5) is 11.9. The number of nitrogens with zero attached hydrogens (tertiary/aromatic N) is 4. The third kappa shape index (κ3) is 1.80. The number of hydrogen-bond donors (Lipinski definition) is 1. The summed E-state index contributed by atoms with van der Waals surface area (Å²) in [7, 11) is 0. The van der Waals surface area contributed by atoms with Crippen LogP contribution in [0.5, 0.6) is 0 Å². The van der Waals surface area contributed by atoms with Gasteiger partial charge in [0.1, 0.15) is 6.20 Å². The third-order valence-electron chi connectivity index (χ3n) is 4.39. The van der Waals surface area contributed by atoms with Gasteiger partial charge in [-0.15, -0.1) is 0 Å². The summed E-state index contributed by atoms with van der Waals surface area (Å²) in [5.74, 6) is 2.04. The molecular formula is C15H19N4O+. The van der Waals surface area contributed by atoms with Crippen molar-refractivity contribution in [3.8, 4) is 0 Å². The van der Waals surface area contributed by atoms with Crippen molar-refractivity contribution in [2.45, 2.75) is 32.2 Å². The Morgan fingerprint density at radius 2 is 2.25 bits per heavy atom. The first-order chi connectivity index (χ1) is 9.74. The monoisotopic (exact) mass is 271 g/mol. The highest BCUT2D eigenvalue weighted by atomic mass is 16.5. The highest BCUT2D eigenvalue weighted by molar-refractivity contribution is 6.49. The molecule has 0 bridgehead atoms. The lowest BCUT2D eigenvalue weighted by Gasteiger charge is -2.27. The lowest BCUT2D eigenvalue weighted by Crippen LogP contribution is -2.42. The molecule has 0 aromatic heterocycles. The van der Waals surface area contributed by atoms with Crippen LogP contribution in [0.25, 0.3) is 0 Å². The molecule has 1 fully saturated rings. The predicted octanol–water partition coefficient (Wildman–Crippen LogP) is 1.60. The van der Waals surface area contributed by atoms with Crippen LogP contribution < -0.4 is 0 Å². The minimum atomic E-state index is 0.249. The van der Waals surface area contributed by atoms with Crippen molar-refractivity contribution in [1.82, 2.24) is 4.90 Å². The van der Waals surface area contributed by atoms with E-state index < -0.39 is 0 Å². The van der Waals surface area contributed by atoms with Gasteiger partial charge in [0.05, 0.1) is 12.5 Å². The van der Waals surface area contributed by atoms with Crippen molar-refractivity contribution in [3.05, 3.63) is 23.9 Å². The van der Waals surface area contributed by atoms with Gasteiger partial charge < -0.3 is 10.1 Å². The summed E-state index contributed by atoms with van der Waals surface area (Å²) in [6, 6.07) is 0.613. The minimum Gasteiger partial charge on any atom is -0.350 e. The quantitative estimate of drug-likeness (QED) is 0.582. The average Bonchev–Trinajstić information content (AvgIpc) is 3.24. The van der Waals surface area contributed by atoms with Crippen molar-refractivity contribution in [2.75, 3.05) is 13.1 Å². The van der Waals surface area contributed by atoms with Gasteiger partial charge in [0.2, 0.25) is 5.71 Å². The molecular weight excluding hydrogens is 252 g/mol. The standard InChI is InChI=1S/C15H19N4O/c1-10-6-7-16-15-13(10)17-14-11(3-2-8-19(14)20)9-18(15)12-4-5-12/h2,6,8,11-12,20H,3-5,7,9H2,1H3/q+1. The Labute approximate surface area is 118 Å². The molecule has 1 saturated carbocycles. The Morgan fingerprint density at radius 3 is 3.05 bits per heavy atom. The van der Waals surface area contributed by atoms with Crippen LogP contribution in [0, 0.1) is 5.92 Å². The van der Waals surface area contributed by atoms with Crippen molar-refractivity contribution in [3.63, 3.8) is 0 Å². The Morgan fingerprint density at radius 1 is 1.40 bits per heavy atom. The molecule has 0 saturated heterocycles. The second-order valence-electron chi connectivity index (χ2n) is 5.92.